The lowest BCUT2D eigenvalue weighted by atomic mass is 10.1. The minimum absolute atomic E-state index is 0.0693. The molecule has 4 nitrogen and oxygen atoms in total. The topological polar surface area (TPSA) is 75.3 Å². The highest BCUT2D eigenvalue weighted by molar-refractivity contribution is 5.94. The molecule has 1 aromatic carbocycles. The summed E-state index contributed by atoms with van der Waals surface area (Å²) in [6, 6.07) is 7.49. The highest BCUT2D eigenvalue weighted by Gasteiger charge is 2.13. The zero-order valence-electron chi connectivity index (χ0n) is 8.73. The molecule has 0 aromatic heterocycles. The molecule has 0 aliphatic carbocycles. The van der Waals surface area contributed by atoms with Gasteiger partial charge in [0.1, 0.15) is 6.10 Å². The van der Waals surface area contributed by atoms with Gasteiger partial charge in [-0.2, -0.15) is 0 Å². The Hall–Kier alpha value is -1.39. The number of rotatable bonds is 4. The summed E-state index contributed by atoms with van der Waals surface area (Å²) < 4.78 is 0. The lowest BCUT2D eigenvalue weighted by Gasteiger charge is -2.12. The normalized spacial score (nSPS) is 12.2. The van der Waals surface area contributed by atoms with Crippen LogP contribution in [0.3, 0.4) is 0 Å². The zero-order valence-corrected chi connectivity index (χ0v) is 8.73. The van der Waals surface area contributed by atoms with E-state index in [1.54, 1.807) is 6.07 Å². The number of aliphatic hydroxyl groups excluding tert-OH is 1. The average molecular weight is 208 g/mol. The van der Waals surface area contributed by atoms with Gasteiger partial charge in [-0.05, 0) is 18.1 Å². The first-order valence-corrected chi connectivity index (χ1v) is 4.96. The van der Waals surface area contributed by atoms with Crippen LogP contribution in [0.25, 0.3) is 0 Å². The van der Waals surface area contributed by atoms with Crippen molar-refractivity contribution in [2.75, 3.05) is 11.9 Å². The predicted molar refractivity (Wildman–Crippen MR) is 59.5 cm³/mol. The van der Waals surface area contributed by atoms with Gasteiger partial charge >= 0.3 is 0 Å². The minimum atomic E-state index is -1.14. The lowest BCUT2D eigenvalue weighted by molar-refractivity contribution is -0.123. The number of aryl methyl sites for hydroxylation is 1. The molecule has 0 aliphatic heterocycles. The number of hydrogen-bond donors (Lipinski definition) is 3. The number of anilines is 1. The maximum atomic E-state index is 11.4. The van der Waals surface area contributed by atoms with Gasteiger partial charge in [0.25, 0.3) is 5.91 Å². The molecule has 0 aliphatic rings. The summed E-state index contributed by atoms with van der Waals surface area (Å²) in [7, 11) is 0. The van der Waals surface area contributed by atoms with Gasteiger partial charge in [-0.25, -0.2) is 0 Å². The molecular weight excluding hydrogens is 192 g/mol. The molecule has 1 atom stereocenters. The molecule has 15 heavy (non-hydrogen) atoms. The van der Waals surface area contributed by atoms with E-state index in [1.807, 2.05) is 25.1 Å². The molecule has 0 saturated heterocycles. The van der Waals surface area contributed by atoms with E-state index in [0.29, 0.717) is 0 Å². The van der Waals surface area contributed by atoms with Gasteiger partial charge < -0.3 is 16.2 Å². The van der Waals surface area contributed by atoms with Crippen molar-refractivity contribution < 1.29 is 9.90 Å². The van der Waals surface area contributed by atoms with Gasteiger partial charge in [0.05, 0.1) is 0 Å². The first kappa shape index (κ1) is 11.7. The second-order valence-electron chi connectivity index (χ2n) is 3.25. The van der Waals surface area contributed by atoms with E-state index in [2.05, 4.69) is 5.32 Å². The number of amides is 1. The molecular formula is C11H16N2O2. The minimum Gasteiger partial charge on any atom is -0.382 e. The number of benzene rings is 1. The Morgan fingerprint density at radius 3 is 2.80 bits per heavy atom. The Kier molecular flexibility index (Phi) is 4.27. The number of aliphatic hydroxyl groups is 1. The quantitative estimate of drug-likeness (QED) is 0.674. The van der Waals surface area contributed by atoms with Gasteiger partial charge in [0, 0.05) is 12.2 Å². The van der Waals surface area contributed by atoms with Crippen LogP contribution in [0.2, 0.25) is 0 Å². The van der Waals surface area contributed by atoms with E-state index < -0.39 is 12.0 Å². The maximum Gasteiger partial charge on any atom is 0.254 e. The van der Waals surface area contributed by atoms with Crippen LogP contribution in [0.1, 0.15) is 12.5 Å². The highest BCUT2D eigenvalue weighted by Crippen LogP contribution is 2.15. The van der Waals surface area contributed by atoms with Gasteiger partial charge in [-0.1, -0.05) is 25.1 Å². The van der Waals surface area contributed by atoms with Crippen molar-refractivity contribution in [1.29, 1.82) is 0 Å². The molecule has 4 heteroatoms. The van der Waals surface area contributed by atoms with Gasteiger partial charge in [0.2, 0.25) is 0 Å². The molecule has 4 N–H and O–H groups in total. The lowest BCUT2D eigenvalue weighted by Crippen LogP contribution is -2.34. The molecule has 0 fully saturated rings. The van der Waals surface area contributed by atoms with Crippen LogP contribution >= 0.6 is 0 Å². The fraction of sp³-hybridized carbons (Fsp3) is 0.364. The van der Waals surface area contributed by atoms with Crippen molar-refractivity contribution in [2.24, 2.45) is 5.73 Å². The van der Waals surface area contributed by atoms with Crippen LogP contribution in [0.15, 0.2) is 24.3 Å². The van der Waals surface area contributed by atoms with E-state index >= 15 is 0 Å². The summed E-state index contributed by atoms with van der Waals surface area (Å²) in [5.41, 5.74) is 6.96. The molecule has 0 bridgehead atoms. The summed E-state index contributed by atoms with van der Waals surface area (Å²) in [5, 5.41) is 11.9. The zero-order chi connectivity index (χ0) is 11.3. The first-order chi connectivity index (χ1) is 7.19. The molecule has 0 saturated carbocycles. The van der Waals surface area contributed by atoms with Crippen molar-refractivity contribution in [2.45, 2.75) is 19.4 Å². The van der Waals surface area contributed by atoms with E-state index in [0.717, 1.165) is 17.7 Å². The number of nitrogens with one attached hydrogen (secondary N) is 1. The van der Waals surface area contributed by atoms with Crippen LogP contribution in [-0.2, 0) is 11.2 Å². The third-order valence-corrected chi connectivity index (χ3v) is 2.18. The maximum absolute atomic E-state index is 11.4. The second kappa shape index (κ2) is 5.48. The smallest absolute Gasteiger partial charge is 0.254 e. The highest BCUT2D eigenvalue weighted by atomic mass is 16.3. The number of hydrogen-bond acceptors (Lipinski definition) is 3. The first-order valence-electron chi connectivity index (χ1n) is 4.96. The number of carbonyl (C=O) groups is 1. The van der Waals surface area contributed by atoms with Gasteiger partial charge in [-0.15, -0.1) is 0 Å². The third-order valence-electron chi connectivity index (χ3n) is 2.18. The largest absolute Gasteiger partial charge is 0.382 e. The summed E-state index contributed by atoms with van der Waals surface area (Å²) in [5.74, 6) is -0.460. The van der Waals surface area contributed by atoms with E-state index in [-0.39, 0.29) is 6.54 Å². The summed E-state index contributed by atoms with van der Waals surface area (Å²) in [4.78, 5) is 11.4. The molecule has 1 rings (SSSR count). The Labute approximate surface area is 89.1 Å². The number of carbonyl (C=O) groups excluding carboxylic acids is 1. The van der Waals surface area contributed by atoms with E-state index in [9.17, 15) is 9.90 Å². The van der Waals surface area contributed by atoms with E-state index in [4.69, 9.17) is 5.73 Å². The summed E-state index contributed by atoms with van der Waals surface area (Å²) in [6.07, 6.45) is -0.315. The molecule has 82 valence electrons. The molecule has 1 amide bonds. The van der Waals surface area contributed by atoms with Gasteiger partial charge in [0.15, 0.2) is 0 Å². The van der Waals surface area contributed by atoms with Crippen molar-refractivity contribution in [3.05, 3.63) is 29.8 Å². The van der Waals surface area contributed by atoms with Crippen LogP contribution in [0.4, 0.5) is 5.69 Å². The summed E-state index contributed by atoms with van der Waals surface area (Å²) >= 11 is 0. The van der Waals surface area contributed by atoms with Crippen LogP contribution in [0.5, 0.6) is 0 Å². The Bertz CT molecular complexity index is 339. The molecule has 0 heterocycles. The second-order valence-corrected chi connectivity index (χ2v) is 3.25. The van der Waals surface area contributed by atoms with Crippen LogP contribution < -0.4 is 11.1 Å². The standard InChI is InChI=1S/C11H16N2O2/c1-2-8-5-3-4-6-9(8)13-11(15)10(14)7-12/h3-6,10,14H,2,7,12H2,1H3,(H,13,15). The van der Waals surface area contributed by atoms with E-state index in [1.165, 1.54) is 0 Å². The summed E-state index contributed by atoms with van der Waals surface area (Å²) in [6.45, 7) is 1.93. The monoisotopic (exact) mass is 208 g/mol. The number of nitrogens with two attached hydrogens (primary N) is 1. The fourth-order valence-corrected chi connectivity index (χ4v) is 1.27. The van der Waals surface area contributed by atoms with Crippen molar-refractivity contribution in [1.82, 2.24) is 0 Å². The molecule has 1 aromatic rings. The average Bonchev–Trinajstić information content (AvgIpc) is 2.28. The Morgan fingerprint density at radius 1 is 1.53 bits per heavy atom. The fourth-order valence-electron chi connectivity index (χ4n) is 1.27. The van der Waals surface area contributed by atoms with Crippen LogP contribution in [-0.4, -0.2) is 23.7 Å². The number of para-hydroxylation sites is 1. The SMILES string of the molecule is CCc1ccccc1NC(=O)C(O)CN. The van der Waals surface area contributed by atoms with Crippen molar-refractivity contribution in [3.8, 4) is 0 Å². The molecule has 0 spiro atoms. The Balaban J connectivity index is 2.76. The van der Waals surface area contributed by atoms with Crippen molar-refractivity contribution in [3.63, 3.8) is 0 Å². The van der Waals surface area contributed by atoms with Crippen molar-refractivity contribution >= 4 is 11.6 Å². The molecule has 0 radical (unpaired) electrons. The predicted octanol–water partition coefficient (Wildman–Crippen LogP) is 0.507. The Morgan fingerprint density at radius 2 is 2.20 bits per heavy atom. The van der Waals surface area contributed by atoms with Gasteiger partial charge in [-0.3, -0.25) is 4.79 Å². The molecule has 1 unspecified atom stereocenters. The third kappa shape index (κ3) is 3.04. The van der Waals surface area contributed by atoms with Crippen LogP contribution in [0, 0.1) is 0 Å².